The summed E-state index contributed by atoms with van der Waals surface area (Å²) < 4.78 is 0. The van der Waals surface area contributed by atoms with E-state index >= 15 is 0 Å². The van der Waals surface area contributed by atoms with Crippen LogP contribution in [-0.2, 0) is 15.6 Å². The van der Waals surface area contributed by atoms with E-state index in [-0.39, 0.29) is 16.6 Å². The van der Waals surface area contributed by atoms with Gasteiger partial charge in [-0.1, -0.05) is 88.4 Å². The first kappa shape index (κ1) is 27.2. The fourth-order valence-corrected chi connectivity index (χ4v) is 5.73. The Balaban J connectivity index is 1.53. The van der Waals surface area contributed by atoms with Gasteiger partial charge in [0.15, 0.2) is 5.78 Å². The lowest BCUT2D eigenvalue weighted by Gasteiger charge is -2.26. The highest BCUT2D eigenvalue weighted by molar-refractivity contribution is 5.99. The standard InChI is InChI=1S/C35H40N2O/c1-7-9-25-36-30-21-13-11-19-28(30)34(3,4)32(36)23-15-17-27(38)18-16-24-33-35(5,6)29-20-12-14-22-31(29)37(33)26-10-8-2/h7-8,11-24H,1-2,9-10,25-26H2,3-6H3/b17-15+,18-16+,32-23+,33-24+. The Morgan fingerprint density at radius 1 is 0.711 bits per heavy atom. The minimum Gasteiger partial charge on any atom is -0.344 e. The zero-order valence-corrected chi connectivity index (χ0v) is 23.3. The maximum Gasteiger partial charge on any atom is 0.178 e. The number of fused-ring (bicyclic) bond motifs is 2. The number of rotatable bonds is 10. The first-order chi connectivity index (χ1) is 18.2. The van der Waals surface area contributed by atoms with Crippen molar-refractivity contribution in [2.75, 3.05) is 22.9 Å². The van der Waals surface area contributed by atoms with E-state index < -0.39 is 0 Å². The van der Waals surface area contributed by atoms with Gasteiger partial charge in [0.2, 0.25) is 0 Å². The van der Waals surface area contributed by atoms with Crippen LogP contribution in [-0.4, -0.2) is 18.9 Å². The predicted molar refractivity (Wildman–Crippen MR) is 163 cm³/mol. The number of ketones is 1. The van der Waals surface area contributed by atoms with Crippen molar-refractivity contribution in [2.45, 2.75) is 51.4 Å². The maximum absolute atomic E-state index is 12.8. The van der Waals surface area contributed by atoms with E-state index in [2.05, 4.69) is 111 Å². The number of carbonyl (C=O) groups is 1. The van der Waals surface area contributed by atoms with E-state index in [0.29, 0.717) is 0 Å². The molecule has 3 heteroatoms. The first-order valence-corrected chi connectivity index (χ1v) is 13.5. The second kappa shape index (κ2) is 11.3. The molecular formula is C35H40N2O. The molecule has 2 heterocycles. The molecule has 0 saturated carbocycles. The van der Waals surface area contributed by atoms with E-state index in [0.717, 1.165) is 25.9 Å². The van der Waals surface area contributed by atoms with Gasteiger partial charge in [0.05, 0.1) is 0 Å². The largest absolute Gasteiger partial charge is 0.344 e. The topological polar surface area (TPSA) is 23.6 Å². The summed E-state index contributed by atoms with van der Waals surface area (Å²) in [6, 6.07) is 17.1. The smallest absolute Gasteiger partial charge is 0.178 e. The normalized spacial score (nSPS) is 19.5. The summed E-state index contributed by atoms with van der Waals surface area (Å²) in [6.07, 6.45) is 16.9. The van der Waals surface area contributed by atoms with Gasteiger partial charge in [-0.15, -0.1) is 13.2 Å². The van der Waals surface area contributed by atoms with E-state index in [9.17, 15) is 4.79 Å². The minimum absolute atomic E-state index is 0.0318. The van der Waals surface area contributed by atoms with Crippen LogP contribution in [0.5, 0.6) is 0 Å². The molecule has 2 aliphatic rings. The molecule has 0 aliphatic carbocycles. The highest BCUT2D eigenvalue weighted by Gasteiger charge is 2.40. The number of allylic oxidation sites excluding steroid dienone is 8. The molecule has 0 aromatic heterocycles. The van der Waals surface area contributed by atoms with Crippen molar-refractivity contribution in [2.24, 2.45) is 0 Å². The molecule has 3 nitrogen and oxygen atoms in total. The van der Waals surface area contributed by atoms with Crippen LogP contribution in [0.15, 0.2) is 122 Å². The van der Waals surface area contributed by atoms with E-state index in [4.69, 9.17) is 0 Å². The molecule has 0 unspecified atom stereocenters. The molecule has 2 aromatic carbocycles. The van der Waals surface area contributed by atoms with Gasteiger partial charge in [0.1, 0.15) is 0 Å². The van der Waals surface area contributed by atoms with Crippen molar-refractivity contribution in [3.63, 3.8) is 0 Å². The van der Waals surface area contributed by atoms with Crippen LogP contribution in [0.3, 0.4) is 0 Å². The van der Waals surface area contributed by atoms with Crippen LogP contribution in [0, 0.1) is 0 Å². The highest BCUT2D eigenvalue weighted by atomic mass is 16.1. The molecule has 0 bridgehead atoms. The molecule has 2 aliphatic heterocycles. The van der Waals surface area contributed by atoms with Crippen molar-refractivity contribution < 1.29 is 4.79 Å². The average Bonchev–Trinajstić information content (AvgIpc) is 3.25. The molecule has 196 valence electrons. The van der Waals surface area contributed by atoms with Crippen LogP contribution in [0.25, 0.3) is 0 Å². The van der Waals surface area contributed by atoms with Crippen LogP contribution >= 0.6 is 0 Å². The van der Waals surface area contributed by atoms with Crippen molar-refractivity contribution in [1.82, 2.24) is 0 Å². The van der Waals surface area contributed by atoms with Crippen LogP contribution < -0.4 is 9.80 Å². The molecule has 0 radical (unpaired) electrons. The quantitative estimate of drug-likeness (QED) is 0.241. The first-order valence-electron chi connectivity index (χ1n) is 13.5. The van der Waals surface area contributed by atoms with Crippen molar-refractivity contribution in [3.8, 4) is 0 Å². The third kappa shape index (κ3) is 5.11. The third-order valence-corrected chi connectivity index (χ3v) is 7.74. The summed E-state index contributed by atoms with van der Waals surface area (Å²) >= 11 is 0. The highest BCUT2D eigenvalue weighted by Crippen LogP contribution is 2.48. The molecule has 0 saturated heterocycles. The van der Waals surface area contributed by atoms with Crippen molar-refractivity contribution >= 4 is 17.2 Å². The Morgan fingerprint density at radius 3 is 1.50 bits per heavy atom. The van der Waals surface area contributed by atoms with Gasteiger partial charge in [0, 0.05) is 46.7 Å². The van der Waals surface area contributed by atoms with E-state index in [1.807, 2.05) is 24.3 Å². The number of anilines is 2. The van der Waals surface area contributed by atoms with Crippen LogP contribution in [0.2, 0.25) is 0 Å². The lowest BCUT2D eigenvalue weighted by atomic mass is 9.83. The summed E-state index contributed by atoms with van der Waals surface area (Å²) in [6.45, 7) is 18.5. The van der Waals surface area contributed by atoms with Gasteiger partial charge < -0.3 is 9.80 Å². The summed E-state index contributed by atoms with van der Waals surface area (Å²) in [7, 11) is 0. The molecule has 38 heavy (non-hydrogen) atoms. The van der Waals surface area contributed by atoms with Gasteiger partial charge >= 0.3 is 0 Å². The number of para-hydroxylation sites is 2. The molecule has 0 fully saturated rings. The lowest BCUT2D eigenvalue weighted by Crippen LogP contribution is -2.26. The molecule has 2 aromatic rings. The third-order valence-electron chi connectivity index (χ3n) is 7.74. The SMILES string of the molecule is C=CCCN1/C(=C/C=C/C(=O)/C=C/C=C2/N(CCC=C)c3ccccc3C2(C)C)C(C)(C)c2ccccc21. The van der Waals surface area contributed by atoms with Gasteiger partial charge in [-0.05, 0) is 60.4 Å². The molecular weight excluding hydrogens is 464 g/mol. The van der Waals surface area contributed by atoms with E-state index in [1.54, 1.807) is 12.2 Å². The van der Waals surface area contributed by atoms with E-state index in [1.165, 1.54) is 33.9 Å². The summed E-state index contributed by atoms with van der Waals surface area (Å²) in [5.74, 6) is -0.0318. The second-order valence-electron chi connectivity index (χ2n) is 11.0. The van der Waals surface area contributed by atoms with Gasteiger partial charge in [-0.25, -0.2) is 0 Å². The summed E-state index contributed by atoms with van der Waals surface area (Å²) in [4.78, 5) is 17.5. The van der Waals surface area contributed by atoms with Crippen molar-refractivity contribution in [1.29, 1.82) is 0 Å². The van der Waals surface area contributed by atoms with Crippen molar-refractivity contribution in [3.05, 3.63) is 133 Å². The Morgan fingerprint density at radius 2 is 1.11 bits per heavy atom. The summed E-state index contributed by atoms with van der Waals surface area (Å²) in [5.41, 5.74) is 7.20. The monoisotopic (exact) mass is 504 g/mol. The molecule has 0 amide bonds. The zero-order valence-electron chi connectivity index (χ0n) is 23.3. The Bertz CT molecular complexity index is 1230. The molecule has 4 rings (SSSR count). The fourth-order valence-electron chi connectivity index (χ4n) is 5.73. The average molecular weight is 505 g/mol. The van der Waals surface area contributed by atoms with Gasteiger partial charge in [0.25, 0.3) is 0 Å². The number of nitrogens with zero attached hydrogens (tertiary/aromatic N) is 2. The number of hydrogen-bond donors (Lipinski definition) is 0. The van der Waals surface area contributed by atoms with Gasteiger partial charge in [-0.2, -0.15) is 0 Å². The van der Waals surface area contributed by atoms with Crippen LogP contribution in [0.1, 0.15) is 51.7 Å². The Labute approximate surface area is 228 Å². The van der Waals surface area contributed by atoms with Crippen LogP contribution in [0.4, 0.5) is 11.4 Å². The fraction of sp³-hybridized carbons (Fsp3) is 0.286. The summed E-state index contributed by atoms with van der Waals surface area (Å²) in [5, 5.41) is 0. The molecule has 0 atom stereocenters. The molecule has 0 spiro atoms. The zero-order chi connectivity index (χ0) is 27.3. The van der Waals surface area contributed by atoms with Gasteiger partial charge in [-0.3, -0.25) is 4.79 Å². The number of carbonyl (C=O) groups excluding carboxylic acids is 1. The predicted octanol–water partition coefficient (Wildman–Crippen LogP) is 8.18. The second-order valence-corrected chi connectivity index (χ2v) is 11.0. The lowest BCUT2D eigenvalue weighted by molar-refractivity contribution is -0.110. The maximum atomic E-state index is 12.8. The number of benzene rings is 2. The molecule has 0 N–H and O–H groups in total. The Kier molecular flexibility index (Phi) is 8.06. The number of hydrogen-bond acceptors (Lipinski definition) is 3. The minimum atomic E-state index is -0.136. The Hall–Kier alpha value is -3.85.